The number of carbonyl (C=O) groups is 1. The molecular formula is C13H19NO3. The molecule has 4 nitrogen and oxygen atoms in total. The van der Waals surface area contributed by atoms with Gasteiger partial charge in [0.1, 0.15) is 5.75 Å². The Morgan fingerprint density at radius 3 is 2.53 bits per heavy atom. The lowest BCUT2D eigenvalue weighted by atomic mass is 9.97. The molecule has 1 rings (SSSR count). The lowest BCUT2D eigenvalue weighted by molar-refractivity contribution is 0.0695. The number of hydrogen-bond acceptors (Lipinski definition) is 3. The SMILES string of the molecule is CCNc1c(OC)cc(C(=O)O)c(CC)c1C. The number of carboxylic acid groups (broad SMARTS) is 1. The molecule has 17 heavy (non-hydrogen) atoms. The zero-order valence-electron chi connectivity index (χ0n) is 10.8. The van der Waals surface area contributed by atoms with Crippen LogP contribution >= 0.6 is 0 Å². The van der Waals surface area contributed by atoms with Crippen LogP contribution in [0, 0.1) is 6.92 Å². The first-order chi connectivity index (χ1) is 8.06. The van der Waals surface area contributed by atoms with E-state index in [2.05, 4.69) is 5.32 Å². The molecule has 0 aliphatic rings. The maximum Gasteiger partial charge on any atom is 0.336 e. The first-order valence-corrected chi connectivity index (χ1v) is 5.74. The maximum absolute atomic E-state index is 11.2. The zero-order chi connectivity index (χ0) is 13.0. The number of methoxy groups -OCH3 is 1. The van der Waals surface area contributed by atoms with Crippen LogP contribution in [0.1, 0.15) is 35.3 Å². The Bertz CT molecular complexity index is 427. The predicted molar refractivity (Wildman–Crippen MR) is 68.2 cm³/mol. The molecule has 0 fully saturated rings. The van der Waals surface area contributed by atoms with Crippen molar-refractivity contribution < 1.29 is 14.6 Å². The number of ether oxygens (including phenoxy) is 1. The summed E-state index contributed by atoms with van der Waals surface area (Å²) in [4.78, 5) is 11.2. The molecule has 0 aliphatic heterocycles. The second-order valence-electron chi connectivity index (χ2n) is 3.79. The van der Waals surface area contributed by atoms with E-state index < -0.39 is 5.97 Å². The molecule has 2 N–H and O–H groups in total. The molecule has 0 aromatic heterocycles. The van der Waals surface area contributed by atoms with Crippen LogP contribution in [0.25, 0.3) is 0 Å². The number of aromatic carboxylic acids is 1. The van der Waals surface area contributed by atoms with Gasteiger partial charge in [-0.3, -0.25) is 0 Å². The Hall–Kier alpha value is -1.71. The second kappa shape index (κ2) is 5.57. The molecule has 0 heterocycles. The van der Waals surface area contributed by atoms with Crippen LogP contribution in [0.15, 0.2) is 6.07 Å². The van der Waals surface area contributed by atoms with E-state index in [9.17, 15) is 9.90 Å². The van der Waals surface area contributed by atoms with Gasteiger partial charge in [0, 0.05) is 6.54 Å². The van der Waals surface area contributed by atoms with Crippen molar-refractivity contribution in [1.82, 2.24) is 0 Å². The van der Waals surface area contributed by atoms with Gasteiger partial charge in [-0.05, 0) is 37.5 Å². The number of nitrogens with one attached hydrogen (secondary N) is 1. The first-order valence-electron chi connectivity index (χ1n) is 5.74. The highest BCUT2D eigenvalue weighted by Gasteiger charge is 2.18. The van der Waals surface area contributed by atoms with E-state index in [0.29, 0.717) is 17.7 Å². The van der Waals surface area contributed by atoms with Crippen LogP contribution in [0.2, 0.25) is 0 Å². The van der Waals surface area contributed by atoms with E-state index in [-0.39, 0.29) is 0 Å². The average molecular weight is 237 g/mol. The molecule has 0 bridgehead atoms. The molecule has 0 atom stereocenters. The van der Waals surface area contributed by atoms with Crippen molar-refractivity contribution in [1.29, 1.82) is 0 Å². The summed E-state index contributed by atoms with van der Waals surface area (Å²) in [5.74, 6) is -0.328. The van der Waals surface area contributed by atoms with Gasteiger partial charge in [0.2, 0.25) is 0 Å². The molecule has 0 saturated carbocycles. The van der Waals surface area contributed by atoms with E-state index >= 15 is 0 Å². The van der Waals surface area contributed by atoms with Crippen molar-refractivity contribution in [3.05, 3.63) is 22.8 Å². The topological polar surface area (TPSA) is 58.6 Å². The highest BCUT2D eigenvalue weighted by atomic mass is 16.5. The standard InChI is InChI=1S/C13H19NO3/c1-5-9-8(3)12(14-6-2)11(17-4)7-10(9)13(15)16/h7,14H,5-6H2,1-4H3,(H,15,16). The third-order valence-corrected chi connectivity index (χ3v) is 2.83. The summed E-state index contributed by atoms with van der Waals surface area (Å²) in [6.45, 7) is 6.64. The molecule has 0 unspecified atom stereocenters. The van der Waals surface area contributed by atoms with Crippen molar-refractivity contribution in [2.75, 3.05) is 19.0 Å². The fraction of sp³-hybridized carbons (Fsp3) is 0.462. The van der Waals surface area contributed by atoms with Crippen molar-refractivity contribution in [2.24, 2.45) is 0 Å². The maximum atomic E-state index is 11.2. The Kier molecular flexibility index (Phi) is 4.37. The smallest absolute Gasteiger partial charge is 0.336 e. The Morgan fingerprint density at radius 2 is 2.12 bits per heavy atom. The summed E-state index contributed by atoms with van der Waals surface area (Å²) in [5, 5.41) is 12.4. The molecule has 0 spiro atoms. The summed E-state index contributed by atoms with van der Waals surface area (Å²) in [5.41, 5.74) is 3.01. The summed E-state index contributed by atoms with van der Waals surface area (Å²) in [6.07, 6.45) is 0.690. The zero-order valence-corrected chi connectivity index (χ0v) is 10.8. The van der Waals surface area contributed by atoms with E-state index in [0.717, 1.165) is 23.4 Å². The van der Waals surface area contributed by atoms with Gasteiger partial charge in [-0.1, -0.05) is 6.92 Å². The highest BCUT2D eigenvalue weighted by Crippen LogP contribution is 2.33. The van der Waals surface area contributed by atoms with Crippen LogP contribution in [0.4, 0.5) is 5.69 Å². The lowest BCUT2D eigenvalue weighted by Crippen LogP contribution is -2.09. The van der Waals surface area contributed by atoms with Gasteiger partial charge in [0.05, 0.1) is 18.4 Å². The quantitative estimate of drug-likeness (QED) is 0.826. The molecule has 1 aromatic carbocycles. The van der Waals surface area contributed by atoms with Crippen molar-refractivity contribution in [3.8, 4) is 5.75 Å². The molecule has 0 saturated heterocycles. The van der Waals surface area contributed by atoms with E-state index in [1.54, 1.807) is 13.2 Å². The molecule has 0 amide bonds. The van der Waals surface area contributed by atoms with Gasteiger partial charge < -0.3 is 15.2 Å². The molecule has 4 heteroatoms. The van der Waals surface area contributed by atoms with Crippen molar-refractivity contribution in [2.45, 2.75) is 27.2 Å². The van der Waals surface area contributed by atoms with Crippen molar-refractivity contribution in [3.63, 3.8) is 0 Å². The van der Waals surface area contributed by atoms with Crippen LogP contribution in [-0.4, -0.2) is 24.7 Å². The third kappa shape index (κ3) is 2.52. The predicted octanol–water partition coefficient (Wildman–Crippen LogP) is 2.70. The van der Waals surface area contributed by atoms with Gasteiger partial charge >= 0.3 is 5.97 Å². The van der Waals surface area contributed by atoms with E-state index in [4.69, 9.17) is 4.74 Å². The van der Waals surface area contributed by atoms with Gasteiger partial charge in [-0.15, -0.1) is 0 Å². The summed E-state index contributed by atoms with van der Waals surface area (Å²) in [7, 11) is 1.55. The third-order valence-electron chi connectivity index (χ3n) is 2.83. The molecule has 1 aromatic rings. The highest BCUT2D eigenvalue weighted by molar-refractivity contribution is 5.92. The summed E-state index contributed by atoms with van der Waals surface area (Å²) >= 11 is 0. The van der Waals surface area contributed by atoms with E-state index in [1.165, 1.54) is 0 Å². The minimum absolute atomic E-state index is 0.323. The molecule has 0 aliphatic carbocycles. The summed E-state index contributed by atoms with van der Waals surface area (Å²) < 4.78 is 5.24. The average Bonchev–Trinajstić information content (AvgIpc) is 2.31. The fourth-order valence-electron chi connectivity index (χ4n) is 2.03. The summed E-state index contributed by atoms with van der Waals surface area (Å²) in [6, 6.07) is 1.59. The number of anilines is 1. The molecule has 94 valence electrons. The normalized spacial score (nSPS) is 10.1. The van der Waals surface area contributed by atoms with Crippen molar-refractivity contribution >= 4 is 11.7 Å². The lowest BCUT2D eigenvalue weighted by Gasteiger charge is -2.17. The van der Waals surface area contributed by atoms with Gasteiger partial charge in [-0.25, -0.2) is 4.79 Å². The first kappa shape index (κ1) is 13.4. The Morgan fingerprint density at radius 1 is 1.47 bits per heavy atom. The Labute approximate surface area is 102 Å². The second-order valence-corrected chi connectivity index (χ2v) is 3.79. The number of hydrogen-bond donors (Lipinski definition) is 2. The number of carboxylic acids is 1. The number of benzene rings is 1. The fourth-order valence-corrected chi connectivity index (χ4v) is 2.03. The minimum Gasteiger partial charge on any atom is -0.495 e. The molecule has 0 radical (unpaired) electrons. The van der Waals surface area contributed by atoms with Gasteiger partial charge in [-0.2, -0.15) is 0 Å². The van der Waals surface area contributed by atoms with Crippen LogP contribution in [0.5, 0.6) is 5.75 Å². The van der Waals surface area contributed by atoms with Gasteiger partial charge in [0.15, 0.2) is 0 Å². The minimum atomic E-state index is -0.911. The van der Waals surface area contributed by atoms with Gasteiger partial charge in [0.25, 0.3) is 0 Å². The largest absolute Gasteiger partial charge is 0.495 e. The Balaban J connectivity index is 3.48. The van der Waals surface area contributed by atoms with Crippen LogP contribution < -0.4 is 10.1 Å². The monoisotopic (exact) mass is 237 g/mol. The van der Waals surface area contributed by atoms with Crippen LogP contribution in [-0.2, 0) is 6.42 Å². The van der Waals surface area contributed by atoms with E-state index in [1.807, 2.05) is 20.8 Å². The molecular weight excluding hydrogens is 218 g/mol. The van der Waals surface area contributed by atoms with Crippen LogP contribution in [0.3, 0.4) is 0 Å². The number of rotatable bonds is 5.